The van der Waals surface area contributed by atoms with Crippen molar-refractivity contribution >= 4 is 12.1 Å². The lowest BCUT2D eigenvalue weighted by atomic mass is 9.47. The van der Waals surface area contributed by atoms with Gasteiger partial charge in [0, 0.05) is 6.42 Å². The summed E-state index contributed by atoms with van der Waals surface area (Å²) in [4.78, 5) is 24.9. The van der Waals surface area contributed by atoms with Crippen molar-refractivity contribution in [2.45, 2.75) is 138 Å². The molecule has 0 heterocycles. The van der Waals surface area contributed by atoms with Crippen LogP contribution in [0, 0.1) is 52.3 Å². The van der Waals surface area contributed by atoms with E-state index >= 15 is 0 Å². The molecule has 4 aliphatic rings. The number of methoxy groups -OCH3 is 1. The zero-order valence-corrected chi connectivity index (χ0v) is 26.9. The van der Waals surface area contributed by atoms with Crippen molar-refractivity contribution in [1.82, 2.24) is 5.32 Å². The highest BCUT2D eigenvalue weighted by Gasteiger charge is 2.59. The van der Waals surface area contributed by atoms with Gasteiger partial charge in [0.25, 0.3) is 0 Å². The van der Waals surface area contributed by atoms with Gasteiger partial charge in [-0.2, -0.15) is 0 Å². The lowest BCUT2D eigenvalue weighted by Crippen LogP contribution is -2.51. The number of hydrogen-bond acceptors (Lipinski definition) is 4. The molecule has 0 bridgehead atoms. The van der Waals surface area contributed by atoms with Crippen molar-refractivity contribution in [2.75, 3.05) is 7.11 Å². The maximum atomic E-state index is 13.1. The summed E-state index contributed by atoms with van der Waals surface area (Å²) in [6.45, 7) is 16.5. The molecule has 9 atom stereocenters. The molecule has 4 rings (SSSR count). The summed E-state index contributed by atoms with van der Waals surface area (Å²) in [5, 5.41) is 2.69. The average Bonchev–Trinajstić information content (AvgIpc) is 3.25. The van der Waals surface area contributed by atoms with Gasteiger partial charge < -0.3 is 14.8 Å². The van der Waals surface area contributed by atoms with Crippen molar-refractivity contribution < 1.29 is 19.1 Å². The molecule has 5 nitrogen and oxygen atoms in total. The summed E-state index contributed by atoms with van der Waals surface area (Å²) < 4.78 is 10.8. The third kappa shape index (κ3) is 6.43. The Morgan fingerprint density at radius 1 is 0.975 bits per heavy atom. The van der Waals surface area contributed by atoms with Gasteiger partial charge in [0.2, 0.25) is 0 Å². The average molecular weight is 558 g/mol. The van der Waals surface area contributed by atoms with E-state index in [1.54, 1.807) is 0 Å². The van der Waals surface area contributed by atoms with Crippen LogP contribution >= 0.6 is 0 Å². The van der Waals surface area contributed by atoms with Crippen molar-refractivity contribution in [1.29, 1.82) is 0 Å². The van der Waals surface area contributed by atoms with Gasteiger partial charge in [-0.3, -0.25) is 0 Å². The fraction of sp³-hybridized carbons (Fsp3) is 0.886. The number of ether oxygens (including phenoxy) is 2. The number of amides is 1. The van der Waals surface area contributed by atoms with E-state index in [1.807, 2.05) is 13.8 Å². The number of carbonyl (C=O) groups is 2. The Morgan fingerprint density at radius 3 is 2.40 bits per heavy atom. The molecule has 0 spiro atoms. The number of rotatable bonds is 10. The molecule has 228 valence electrons. The first-order valence-electron chi connectivity index (χ1n) is 16.6. The number of carbonyl (C=O) groups excluding carboxylic acids is 2. The molecule has 0 aromatic heterocycles. The molecular weight excluding hydrogens is 498 g/mol. The van der Waals surface area contributed by atoms with Gasteiger partial charge in [0.15, 0.2) is 0 Å². The van der Waals surface area contributed by atoms with Crippen LogP contribution in [0.4, 0.5) is 4.79 Å². The quantitative estimate of drug-likeness (QED) is 0.215. The molecule has 0 aromatic carbocycles. The maximum absolute atomic E-state index is 13.1. The Labute approximate surface area is 245 Å². The van der Waals surface area contributed by atoms with Crippen molar-refractivity contribution in [3.8, 4) is 0 Å². The minimum atomic E-state index is -0.662. The van der Waals surface area contributed by atoms with E-state index in [0.29, 0.717) is 11.8 Å². The first-order chi connectivity index (χ1) is 18.9. The first kappa shape index (κ1) is 31.4. The third-order valence-corrected chi connectivity index (χ3v) is 12.0. The fourth-order valence-corrected chi connectivity index (χ4v) is 9.89. The molecule has 0 radical (unpaired) electrons. The summed E-state index contributed by atoms with van der Waals surface area (Å²) >= 11 is 0. The van der Waals surface area contributed by atoms with Crippen LogP contribution in [0.5, 0.6) is 0 Å². The molecule has 1 N–H and O–H groups in total. The Balaban J connectivity index is 1.41. The molecular formula is C35H59NO4. The van der Waals surface area contributed by atoms with E-state index in [9.17, 15) is 9.59 Å². The number of fused-ring (bicyclic) bond motifs is 5. The normalized spacial score (nSPS) is 36.6. The number of esters is 1. The Bertz CT molecular complexity index is 926. The van der Waals surface area contributed by atoms with Gasteiger partial charge in [-0.15, -0.1) is 0 Å². The summed E-state index contributed by atoms with van der Waals surface area (Å²) in [5.41, 5.74) is 2.26. The van der Waals surface area contributed by atoms with Gasteiger partial charge in [-0.05, 0) is 104 Å². The van der Waals surface area contributed by atoms with E-state index in [4.69, 9.17) is 9.47 Å². The molecule has 40 heavy (non-hydrogen) atoms. The van der Waals surface area contributed by atoms with Gasteiger partial charge in [0.1, 0.15) is 12.1 Å². The van der Waals surface area contributed by atoms with Crippen molar-refractivity contribution in [2.24, 2.45) is 52.3 Å². The van der Waals surface area contributed by atoms with Crippen LogP contribution in [-0.4, -0.2) is 31.3 Å². The van der Waals surface area contributed by atoms with E-state index < -0.39 is 12.1 Å². The molecule has 5 heteroatoms. The van der Waals surface area contributed by atoms with Gasteiger partial charge in [-0.1, -0.05) is 79.4 Å². The van der Waals surface area contributed by atoms with Crippen LogP contribution < -0.4 is 5.32 Å². The topological polar surface area (TPSA) is 64.6 Å². The molecule has 0 saturated heterocycles. The van der Waals surface area contributed by atoms with Crippen LogP contribution in [-0.2, 0) is 14.3 Å². The Kier molecular flexibility index (Phi) is 10.0. The van der Waals surface area contributed by atoms with Gasteiger partial charge >= 0.3 is 12.1 Å². The summed E-state index contributed by atoms with van der Waals surface area (Å²) in [5.74, 6) is 4.90. The highest BCUT2D eigenvalue weighted by molar-refractivity contribution is 5.81. The second-order valence-electron chi connectivity index (χ2n) is 15.4. The highest BCUT2D eigenvalue weighted by Crippen LogP contribution is 2.67. The summed E-state index contributed by atoms with van der Waals surface area (Å²) in [7, 11) is 1.33. The van der Waals surface area contributed by atoms with Gasteiger partial charge in [-0.25, -0.2) is 9.59 Å². The van der Waals surface area contributed by atoms with Crippen LogP contribution in [0.3, 0.4) is 0 Å². The Hall–Kier alpha value is -1.52. The van der Waals surface area contributed by atoms with Crippen LogP contribution in [0.2, 0.25) is 0 Å². The second-order valence-corrected chi connectivity index (χ2v) is 15.4. The van der Waals surface area contributed by atoms with Crippen LogP contribution in [0.15, 0.2) is 11.6 Å². The van der Waals surface area contributed by atoms with E-state index in [1.165, 1.54) is 64.0 Å². The number of allylic oxidation sites excluding steroid dienone is 1. The molecule has 1 unspecified atom stereocenters. The number of hydrogen-bond donors (Lipinski definition) is 1. The van der Waals surface area contributed by atoms with E-state index in [0.717, 1.165) is 54.8 Å². The second kappa shape index (κ2) is 12.8. The third-order valence-electron chi connectivity index (χ3n) is 12.0. The predicted molar refractivity (Wildman–Crippen MR) is 162 cm³/mol. The largest absolute Gasteiger partial charge is 0.461 e. The summed E-state index contributed by atoms with van der Waals surface area (Å²) in [6.07, 6.45) is 16.2. The lowest BCUT2D eigenvalue weighted by molar-refractivity contribution is -0.154. The molecule has 3 fully saturated rings. The van der Waals surface area contributed by atoms with E-state index in [-0.39, 0.29) is 23.4 Å². The standard InChI is InChI=1S/C35H59NO4/c1-22(2)10-9-11-24(5)28-14-15-29-27-13-12-25-21-26(16-18-34(25,6)30(27)17-19-35(28,29)7)40-32(37)31(20-23(3)4)36-33(38)39-8/h12,22-24,26-31H,9-11,13-21H2,1-8H3,(H,36,38)/t24-,26+,27+,28-,29+,30+,31?,34+,35-/m1/s1. The summed E-state index contributed by atoms with van der Waals surface area (Å²) in [6, 6.07) is -0.662. The fourth-order valence-electron chi connectivity index (χ4n) is 9.89. The predicted octanol–water partition coefficient (Wildman–Crippen LogP) is 8.71. The first-order valence-corrected chi connectivity index (χ1v) is 16.6. The van der Waals surface area contributed by atoms with Gasteiger partial charge in [0.05, 0.1) is 7.11 Å². The monoisotopic (exact) mass is 557 g/mol. The minimum Gasteiger partial charge on any atom is -0.461 e. The Morgan fingerprint density at radius 2 is 1.73 bits per heavy atom. The smallest absolute Gasteiger partial charge is 0.407 e. The van der Waals surface area contributed by atoms with Crippen molar-refractivity contribution in [3.05, 3.63) is 11.6 Å². The molecule has 0 aliphatic heterocycles. The lowest BCUT2D eigenvalue weighted by Gasteiger charge is -2.58. The zero-order valence-electron chi connectivity index (χ0n) is 26.9. The molecule has 0 aromatic rings. The highest BCUT2D eigenvalue weighted by atomic mass is 16.6. The van der Waals surface area contributed by atoms with Crippen molar-refractivity contribution in [3.63, 3.8) is 0 Å². The zero-order chi connectivity index (χ0) is 29.2. The minimum absolute atomic E-state index is 0.103. The maximum Gasteiger partial charge on any atom is 0.407 e. The molecule has 3 saturated carbocycles. The molecule has 1 amide bonds. The van der Waals surface area contributed by atoms with Crippen LogP contribution in [0.1, 0.15) is 126 Å². The number of nitrogens with one attached hydrogen (secondary N) is 1. The van der Waals surface area contributed by atoms with Crippen LogP contribution in [0.25, 0.3) is 0 Å². The SMILES string of the molecule is COC(=O)NC(CC(C)C)C(=O)O[C@H]1CC[C@@]2(C)C(=CC[C@H]3[C@@H]4CC[C@H]([C@H](C)CCCC(C)C)[C@@]4(C)CC[C@@H]32)C1. The van der Waals surface area contributed by atoms with E-state index in [2.05, 4.69) is 46.0 Å². The number of alkyl carbamates (subject to hydrolysis) is 1. The molecule has 4 aliphatic carbocycles.